The second-order valence-electron chi connectivity index (χ2n) is 7.53. The number of esters is 1. The van der Waals surface area contributed by atoms with E-state index in [-0.39, 0.29) is 29.6 Å². The lowest BCUT2D eigenvalue weighted by molar-refractivity contribution is -0.384. The van der Waals surface area contributed by atoms with Crippen LogP contribution >= 0.6 is 0 Å². The fourth-order valence-electron chi connectivity index (χ4n) is 3.07. The highest BCUT2D eigenvalue weighted by atomic mass is 19.4. The molecule has 0 atom stereocenters. The molecule has 1 heterocycles. The molecule has 188 valence electrons. The minimum Gasteiger partial charge on any atom is -0.457 e. The number of nitro benzene ring substituents is 1. The summed E-state index contributed by atoms with van der Waals surface area (Å²) in [5.74, 6) is -1.62. The molecule has 0 bridgehead atoms. The number of nitrogens with zero attached hydrogens (tertiary/aromatic N) is 3. The van der Waals surface area contributed by atoms with Gasteiger partial charge in [-0.05, 0) is 42.0 Å². The molecule has 0 radical (unpaired) electrons. The number of rotatable bonds is 8. The lowest BCUT2D eigenvalue weighted by Gasteiger charge is -2.14. The van der Waals surface area contributed by atoms with E-state index in [1.54, 1.807) is 0 Å². The van der Waals surface area contributed by atoms with Crippen molar-refractivity contribution in [2.24, 2.45) is 0 Å². The maximum absolute atomic E-state index is 13.5. The van der Waals surface area contributed by atoms with Crippen LogP contribution in [0.1, 0.15) is 21.5 Å². The van der Waals surface area contributed by atoms with Gasteiger partial charge in [-0.15, -0.1) is 0 Å². The van der Waals surface area contributed by atoms with Gasteiger partial charge in [-0.2, -0.15) is 18.2 Å². The molecule has 1 N–H and O–H groups in total. The van der Waals surface area contributed by atoms with Gasteiger partial charge in [0.15, 0.2) is 0 Å². The fraction of sp³-hybridized carbons (Fsp3) is 0.0800. The van der Waals surface area contributed by atoms with Crippen LogP contribution in [0.5, 0.6) is 11.6 Å². The number of nitro groups is 1. The van der Waals surface area contributed by atoms with Gasteiger partial charge in [0.25, 0.3) is 5.69 Å². The number of benzene rings is 3. The Hall–Kier alpha value is -5.00. The zero-order valence-corrected chi connectivity index (χ0v) is 18.8. The molecule has 9 nitrogen and oxygen atoms in total. The highest BCUT2D eigenvalue weighted by molar-refractivity contribution is 5.89. The second-order valence-corrected chi connectivity index (χ2v) is 7.53. The Labute approximate surface area is 207 Å². The smallest absolute Gasteiger partial charge is 0.423 e. The summed E-state index contributed by atoms with van der Waals surface area (Å²) in [6.07, 6.45) is -4.25. The van der Waals surface area contributed by atoms with Crippen LogP contribution in [-0.2, 0) is 17.5 Å². The minimum absolute atomic E-state index is 0.0841. The third-order valence-corrected chi connectivity index (χ3v) is 4.91. The summed E-state index contributed by atoms with van der Waals surface area (Å²) in [7, 11) is 0. The Morgan fingerprint density at radius 3 is 2.27 bits per heavy atom. The number of carbonyl (C=O) groups excluding carboxylic acids is 1. The lowest BCUT2D eigenvalue weighted by Crippen LogP contribution is -2.11. The lowest BCUT2D eigenvalue weighted by atomic mass is 10.2. The van der Waals surface area contributed by atoms with Crippen molar-refractivity contribution < 1.29 is 32.4 Å². The van der Waals surface area contributed by atoms with Crippen molar-refractivity contribution in [1.82, 2.24) is 9.97 Å². The van der Waals surface area contributed by atoms with Crippen LogP contribution in [0.4, 0.5) is 30.5 Å². The first-order valence-electron chi connectivity index (χ1n) is 10.6. The molecule has 0 aliphatic heterocycles. The van der Waals surface area contributed by atoms with Gasteiger partial charge in [0.1, 0.15) is 17.9 Å². The van der Waals surface area contributed by atoms with Gasteiger partial charge in [0.05, 0.1) is 10.5 Å². The van der Waals surface area contributed by atoms with Gasteiger partial charge in [-0.1, -0.05) is 30.3 Å². The number of non-ortho nitro benzene ring substituents is 1. The molecule has 0 saturated carbocycles. The third-order valence-electron chi connectivity index (χ3n) is 4.91. The first-order valence-corrected chi connectivity index (χ1v) is 10.6. The average molecular weight is 510 g/mol. The van der Waals surface area contributed by atoms with Crippen molar-refractivity contribution in [3.8, 4) is 11.6 Å². The van der Waals surface area contributed by atoms with Gasteiger partial charge in [-0.25, -0.2) is 9.78 Å². The van der Waals surface area contributed by atoms with Gasteiger partial charge in [0, 0.05) is 24.0 Å². The summed E-state index contributed by atoms with van der Waals surface area (Å²) in [5, 5.41) is 13.5. The Bertz CT molecular complexity index is 1400. The monoisotopic (exact) mass is 510 g/mol. The van der Waals surface area contributed by atoms with Gasteiger partial charge in [0.2, 0.25) is 11.8 Å². The van der Waals surface area contributed by atoms with Crippen molar-refractivity contribution in [3.05, 3.63) is 112 Å². The Balaban J connectivity index is 1.47. The molecule has 3 aromatic carbocycles. The van der Waals surface area contributed by atoms with Crippen LogP contribution < -0.4 is 10.1 Å². The Kier molecular flexibility index (Phi) is 7.28. The van der Waals surface area contributed by atoms with Crippen molar-refractivity contribution in [3.63, 3.8) is 0 Å². The number of halogens is 3. The van der Waals surface area contributed by atoms with Crippen LogP contribution in [0.25, 0.3) is 0 Å². The predicted molar refractivity (Wildman–Crippen MR) is 125 cm³/mol. The van der Waals surface area contributed by atoms with Gasteiger partial charge in [-0.3, -0.25) is 10.1 Å². The summed E-state index contributed by atoms with van der Waals surface area (Å²) in [4.78, 5) is 29.9. The standard InChI is InChI=1S/C25H17F3N4O5/c26-25(27,28)21-14-29-24(31-22(21)37-20-12-10-19(11-13-20)32(34)35)30-18-8-6-17(7-9-18)23(33)36-15-16-4-2-1-3-5-16/h1-14H,15H2,(H,29,30,31). The van der Waals surface area contributed by atoms with E-state index in [4.69, 9.17) is 9.47 Å². The molecule has 4 aromatic rings. The van der Waals surface area contributed by atoms with E-state index in [2.05, 4.69) is 15.3 Å². The molecule has 12 heteroatoms. The Morgan fingerprint density at radius 2 is 1.65 bits per heavy atom. The van der Waals surface area contributed by atoms with Crippen LogP contribution in [0.15, 0.2) is 85.1 Å². The number of alkyl halides is 3. The SMILES string of the molecule is O=C(OCc1ccccc1)c1ccc(Nc2ncc(C(F)(F)F)c(Oc3ccc([N+](=O)[O-])cc3)n2)cc1. The predicted octanol–water partition coefficient (Wildman–Crippen LogP) is 6.30. The number of ether oxygens (including phenoxy) is 2. The van der Waals surface area contributed by atoms with Crippen LogP contribution in [0.2, 0.25) is 0 Å². The van der Waals surface area contributed by atoms with E-state index in [1.807, 2.05) is 30.3 Å². The zero-order chi connectivity index (χ0) is 26.4. The molecule has 0 fully saturated rings. The number of hydrogen-bond acceptors (Lipinski definition) is 8. The molecular weight excluding hydrogens is 493 g/mol. The maximum Gasteiger partial charge on any atom is 0.423 e. The molecular formula is C25H17F3N4O5. The molecule has 0 unspecified atom stereocenters. The third kappa shape index (κ3) is 6.57. The quantitative estimate of drug-likeness (QED) is 0.167. The summed E-state index contributed by atoms with van der Waals surface area (Å²) in [6, 6.07) is 19.6. The molecule has 0 spiro atoms. The highest BCUT2D eigenvalue weighted by Crippen LogP contribution is 2.37. The molecule has 1 aromatic heterocycles. The molecule has 0 aliphatic carbocycles. The van der Waals surface area contributed by atoms with Crippen molar-refractivity contribution in [2.75, 3.05) is 5.32 Å². The Morgan fingerprint density at radius 1 is 0.973 bits per heavy atom. The summed E-state index contributed by atoms with van der Waals surface area (Å²) in [6.45, 7) is 0.108. The molecule has 0 amide bonds. The topological polar surface area (TPSA) is 116 Å². The van der Waals surface area contributed by atoms with E-state index in [1.165, 1.54) is 24.3 Å². The van der Waals surface area contributed by atoms with Gasteiger partial charge < -0.3 is 14.8 Å². The number of hydrogen-bond donors (Lipinski definition) is 1. The zero-order valence-electron chi connectivity index (χ0n) is 18.8. The molecule has 37 heavy (non-hydrogen) atoms. The molecule has 0 aliphatic rings. The normalized spacial score (nSPS) is 11.0. The largest absolute Gasteiger partial charge is 0.457 e. The number of carbonyl (C=O) groups is 1. The summed E-state index contributed by atoms with van der Waals surface area (Å²) >= 11 is 0. The van der Waals surface area contributed by atoms with E-state index in [0.717, 1.165) is 29.8 Å². The first kappa shape index (κ1) is 25.1. The van der Waals surface area contributed by atoms with Crippen LogP contribution in [-0.4, -0.2) is 20.9 Å². The fourth-order valence-corrected chi connectivity index (χ4v) is 3.07. The maximum atomic E-state index is 13.5. The number of aromatic nitrogens is 2. The van der Waals surface area contributed by atoms with E-state index in [0.29, 0.717) is 11.9 Å². The number of anilines is 2. The summed E-state index contributed by atoms with van der Waals surface area (Å²) in [5.41, 5.74) is 0.0201. The van der Waals surface area contributed by atoms with Crippen molar-refractivity contribution in [2.45, 2.75) is 12.8 Å². The van der Waals surface area contributed by atoms with E-state index in [9.17, 15) is 28.1 Å². The second kappa shape index (κ2) is 10.7. The van der Waals surface area contributed by atoms with Crippen LogP contribution in [0.3, 0.4) is 0 Å². The number of nitrogens with one attached hydrogen (secondary N) is 1. The van der Waals surface area contributed by atoms with E-state index >= 15 is 0 Å². The van der Waals surface area contributed by atoms with Gasteiger partial charge >= 0.3 is 12.1 Å². The summed E-state index contributed by atoms with van der Waals surface area (Å²) < 4.78 is 50.9. The average Bonchev–Trinajstić information content (AvgIpc) is 2.88. The highest BCUT2D eigenvalue weighted by Gasteiger charge is 2.36. The molecule has 0 saturated heterocycles. The van der Waals surface area contributed by atoms with Crippen LogP contribution in [0, 0.1) is 10.1 Å². The van der Waals surface area contributed by atoms with Crippen molar-refractivity contribution in [1.29, 1.82) is 0 Å². The van der Waals surface area contributed by atoms with Crippen molar-refractivity contribution >= 4 is 23.3 Å². The molecule has 4 rings (SSSR count). The first-order chi connectivity index (χ1) is 17.7. The van der Waals surface area contributed by atoms with E-state index < -0.39 is 28.5 Å². The minimum atomic E-state index is -4.81.